The third-order valence-electron chi connectivity index (χ3n) is 3.48. The van der Waals surface area contributed by atoms with Crippen LogP contribution in [0.3, 0.4) is 0 Å². The van der Waals surface area contributed by atoms with Crippen LogP contribution in [-0.4, -0.2) is 10.4 Å². The van der Waals surface area contributed by atoms with Crippen molar-refractivity contribution in [3.05, 3.63) is 58.9 Å². The van der Waals surface area contributed by atoms with Gasteiger partial charge in [-0.25, -0.2) is 0 Å². The molecule has 1 heterocycles. The molecule has 94 valence electrons. The van der Waals surface area contributed by atoms with Crippen molar-refractivity contribution >= 4 is 5.78 Å². The Balaban J connectivity index is 2.09. The quantitative estimate of drug-likeness (QED) is 0.751. The molecule has 2 rings (SSSR count). The average Bonchev–Trinajstić information content (AvgIpc) is 2.74. The maximum atomic E-state index is 12.1. The van der Waals surface area contributed by atoms with E-state index < -0.39 is 0 Å². The van der Waals surface area contributed by atoms with Crippen LogP contribution >= 0.6 is 0 Å². The van der Waals surface area contributed by atoms with E-state index >= 15 is 0 Å². The molecule has 0 fully saturated rings. The van der Waals surface area contributed by atoms with Crippen molar-refractivity contribution < 1.29 is 4.79 Å². The van der Waals surface area contributed by atoms with Gasteiger partial charge in [0.2, 0.25) is 0 Å². The van der Waals surface area contributed by atoms with Gasteiger partial charge in [-0.3, -0.25) is 4.79 Å². The number of hydrogen-bond donors (Lipinski definition) is 0. The first kappa shape index (κ1) is 12.6. The van der Waals surface area contributed by atoms with Gasteiger partial charge >= 0.3 is 0 Å². The topological polar surface area (TPSA) is 22.0 Å². The highest BCUT2D eigenvalue weighted by Gasteiger charge is 2.10. The molecule has 1 aromatic heterocycles. The Morgan fingerprint density at radius 1 is 1.11 bits per heavy atom. The molecule has 1 aromatic carbocycles. The molecule has 0 bridgehead atoms. The molecule has 0 amide bonds. The van der Waals surface area contributed by atoms with Gasteiger partial charge in [-0.2, -0.15) is 0 Å². The zero-order chi connectivity index (χ0) is 13.1. The summed E-state index contributed by atoms with van der Waals surface area (Å²) in [4.78, 5) is 12.1. The molecule has 0 aliphatic rings. The summed E-state index contributed by atoms with van der Waals surface area (Å²) in [5.74, 6) is 0.213. The summed E-state index contributed by atoms with van der Waals surface area (Å²) < 4.78 is 1.88. The number of nitrogens with zero attached hydrogens (tertiary/aromatic N) is 1. The number of benzene rings is 1. The van der Waals surface area contributed by atoms with E-state index in [0.29, 0.717) is 6.42 Å². The van der Waals surface area contributed by atoms with Crippen LogP contribution in [0.15, 0.2) is 36.5 Å². The van der Waals surface area contributed by atoms with Gasteiger partial charge < -0.3 is 4.57 Å². The summed E-state index contributed by atoms with van der Waals surface area (Å²) in [7, 11) is 1.91. The third-order valence-corrected chi connectivity index (χ3v) is 3.48. The van der Waals surface area contributed by atoms with Crippen LogP contribution in [0.25, 0.3) is 0 Å². The van der Waals surface area contributed by atoms with E-state index in [1.165, 1.54) is 16.7 Å². The highest BCUT2D eigenvalue weighted by atomic mass is 16.1. The molecule has 0 atom stereocenters. The Kier molecular flexibility index (Phi) is 3.66. The molecular weight excluding hydrogens is 222 g/mol. The predicted molar refractivity (Wildman–Crippen MR) is 74.0 cm³/mol. The molecule has 0 saturated carbocycles. The number of aryl methyl sites for hydroxylation is 3. The monoisotopic (exact) mass is 241 g/mol. The van der Waals surface area contributed by atoms with Gasteiger partial charge in [-0.1, -0.05) is 18.2 Å². The minimum absolute atomic E-state index is 0.213. The van der Waals surface area contributed by atoms with Crippen molar-refractivity contribution in [1.82, 2.24) is 4.57 Å². The second-order valence-electron chi connectivity index (χ2n) is 4.80. The van der Waals surface area contributed by atoms with Crippen LogP contribution in [0.5, 0.6) is 0 Å². The van der Waals surface area contributed by atoms with Gasteiger partial charge in [0.15, 0.2) is 5.78 Å². The maximum Gasteiger partial charge on any atom is 0.179 e. The highest BCUT2D eigenvalue weighted by molar-refractivity contribution is 5.94. The zero-order valence-corrected chi connectivity index (χ0v) is 11.2. The van der Waals surface area contributed by atoms with Crippen molar-refractivity contribution in [1.29, 1.82) is 0 Å². The third kappa shape index (κ3) is 2.53. The fraction of sp³-hybridized carbons (Fsp3) is 0.312. The number of Topliss-reactive ketones (excluding diaryl/α,β-unsaturated/α-hetero) is 1. The molecule has 2 nitrogen and oxygen atoms in total. The van der Waals surface area contributed by atoms with Crippen molar-refractivity contribution in [2.75, 3.05) is 0 Å². The van der Waals surface area contributed by atoms with Gasteiger partial charge in [0.1, 0.15) is 0 Å². The minimum atomic E-state index is 0.213. The molecule has 0 radical (unpaired) electrons. The molecule has 2 heteroatoms. The maximum absolute atomic E-state index is 12.1. The molecule has 18 heavy (non-hydrogen) atoms. The summed E-state index contributed by atoms with van der Waals surface area (Å²) in [6.45, 7) is 4.21. The molecule has 0 aliphatic carbocycles. The first-order valence-corrected chi connectivity index (χ1v) is 6.29. The molecule has 0 aliphatic heterocycles. The average molecular weight is 241 g/mol. The fourth-order valence-corrected chi connectivity index (χ4v) is 2.36. The lowest BCUT2D eigenvalue weighted by molar-refractivity contribution is 0.0975. The number of carbonyl (C=O) groups excluding carboxylic acids is 1. The van der Waals surface area contributed by atoms with Crippen molar-refractivity contribution in [2.24, 2.45) is 7.05 Å². The van der Waals surface area contributed by atoms with Gasteiger partial charge in [0.05, 0.1) is 5.69 Å². The summed E-state index contributed by atoms with van der Waals surface area (Å²) in [5.41, 5.74) is 4.64. The Morgan fingerprint density at radius 2 is 1.78 bits per heavy atom. The van der Waals surface area contributed by atoms with Gasteiger partial charge in [0.25, 0.3) is 0 Å². The standard InChI is InChI=1S/C16H19NO/c1-12-6-4-7-13(2)14(12)9-10-16(18)15-8-5-11-17(15)3/h4-8,11H,9-10H2,1-3H3. The van der Waals surface area contributed by atoms with Crippen molar-refractivity contribution in [2.45, 2.75) is 26.7 Å². The molecular formula is C16H19NO. The van der Waals surface area contributed by atoms with Crippen molar-refractivity contribution in [3.8, 4) is 0 Å². The summed E-state index contributed by atoms with van der Waals surface area (Å²) in [6, 6.07) is 10.1. The second-order valence-corrected chi connectivity index (χ2v) is 4.80. The smallest absolute Gasteiger partial charge is 0.179 e. The van der Waals surface area contributed by atoms with Gasteiger partial charge in [0, 0.05) is 19.7 Å². The number of aromatic nitrogens is 1. The largest absolute Gasteiger partial charge is 0.348 e. The zero-order valence-electron chi connectivity index (χ0n) is 11.2. The lowest BCUT2D eigenvalue weighted by Gasteiger charge is -2.09. The second kappa shape index (κ2) is 5.21. The van der Waals surface area contributed by atoms with Gasteiger partial charge in [-0.05, 0) is 49.1 Å². The predicted octanol–water partition coefficient (Wildman–Crippen LogP) is 3.46. The SMILES string of the molecule is Cc1cccc(C)c1CCC(=O)c1cccn1C. The van der Waals surface area contributed by atoms with E-state index in [0.717, 1.165) is 12.1 Å². The van der Waals surface area contributed by atoms with E-state index in [-0.39, 0.29) is 5.78 Å². The number of ketones is 1. The van der Waals surface area contributed by atoms with Crippen LogP contribution in [0.2, 0.25) is 0 Å². The Bertz CT molecular complexity index is 546. The Labute approximate surface area is 108 Å². The fourth-order valence-electron chi connectivity index (χ4n) is 2.36. The van der Waals surface area contributed by atoms with Crippen molar-refractivity contribution in [3.63, 3.8) is 0 Å². The van der Waals surface area contributed by atoms with E-state index in [1.807, 2.05) is 29.9 Å². The lowest BCUT2D eigenvalue weighted by Crippen LogP contribution is -2.07. The van der Waals surface area contributed by atoms with E-state index in [1.54, 1.807) is 0 Å². The van der Waals surface area contributed by atoms with Crippen LogP contribution in [0, 0.1) is 13.8 Å². The van der Waals surface area contributed by atoms with E-state index in [4.69, 9.17) is 0 Å². The summed E-state index contributed by atoms with van der Waals surface area (Å²) in [5, 5.41) is 0. The Hall–Kier alpha value is -1.83. The molecule has 0 saturated heterocycles. The highest BCUT2D eigenvalue weighted by Crippen LogP contribution is 2.16. The van der Waals surface area contributed by atoms with Crippen LogP contribution in [0.1, 0.15) is 33.6 Å². The van der Waals surface area contributed by atoms with Crippen LogP contribution < -0.4 is 0 Å². The van der Waals surface area contributed by atoms with E-state index in [2.05, 4.69) is 32.0 Å². The molecule has 2 aromatic rings. The summed E-state index contributed by atoms with van der Waals surface area (Å²) in [6.07, 6.45) is 3.30. The molecule has 0 N–H and O–H groups in total. The van der Waals surface area contributed by atoms with Crippen LogP contribution in [-0.2, 0) is 13.5 Å². The normalized spacial score (nSPS) is 10.6. The minimum Gasteiger partial charge on any atom is -0.348 e. The summed E-state index contributed by atoms with van der Waals surface area (Å²) >= 11 is 0. The number of rotatable bonds is 4. The lowest BCUT2D eigenvalue weighted by atomic mass is 9.97. The molecule has 0 spiro atoms. The Morgan fingerprint density at radius 3 is 2.33 bits per heavy atom. The number of hydrogen-bond acceptors (Lipinski definition) is 1. The number of carbonyl (C=O) groups is 1. The van der Waals surface area contributed by atoms with Gasteiger partial charge in [-0.15, -0.1) is 0 Å². The van der Waals surface area contributed by atoms with Crippen LogP contribution in [0.4, 0.5) is 0 Å². The molecule has 0 unspecified atom stereocenters. The van der Waals surface area contributed by atoms with E-state index in [9.17, 15) is 4.79 Å². The first-order valence-electron chi connectivity index (χ1n) is 6.29. The first-order chi connectivity index (χ1) is 8.59.